The zero-order valence-electron chi connectivity index (χ0n) is 14.6. The van der Waals surface area contributed by atoms with E-state index in [1.165, 1.54) is 24.6 Å². The van der Waals surface area contributed by atoms with Gasteiger partial charge < -0.3 is 19.9 Å². The maximum absolute atomic E-state index is 11.2. The Morgan fingerprint density at radius 1 is 0.815 bits per heavy atom. The third-order valence-corrected chi connectivity index (χ3v) is 3.72. The van der Waals surface area contributed by atoms with Crippen molar-refractivity contribution in [1.82, 2.24) is 0 Å². The second kappa shape index (κ2) is 14.5. The van der Waals surface area contributed by atoms with Crippen molar-refractivity contribution in [2.75, 3.05) is 13.2 Å². The third kappa shape index (κ3) is 10.4. The van der Waals surface area contributed by atoms with Crippen LogP contribution in [0.3, 0.4) is 0 Å². The summed E-state index contributed by atoms with van der Waals surface area (Å²) in [6.07, 6.45) is 2.83. The minimum absolute atomic E-state index is 0. The summed E-state index contributed by atoms with van der Waals surface area (Å²) in [4.78, 5) is 9.50. The van der Waals surface area contributed by atoms with Crippen LogP contribution in [0.1, 0.15) is 25.0 Å². The summed E-state index contributed by atoms with van der Waals surface area (Å²) in [5.74, 6) is -0.127. The molecule has 27 heavy (non-hydrogen) atoms. The Morgan fingerprint density at radius 3 is 1.52 bits per heavy atom. The van der Waals surface area contributed by atoms with Crippen molar-refractivity contribution in [3.05, 3.63) is 56.5 Å². The monoisotopic (exact) mass is 547 g/mol. The summed E-state index contributed by atoms with van der Waals surface area (Å²) in [6, 6.07) is 9.76. The fraction of sp³-hybridized carbons (Fsp3) is 0.222. The molecule has 0 spiro atoms. The van der Waals surface area contributed by atoms with Crippen LogP contribution in [-0.2, 0) is 26.7 Å². The molecule has 0 saturated heterocycles. The zero-order valence-corrected chi connectivity index (χ0v) is 18.7. The summed E-state index contributed by atoms with van der Waals surface area (Å²) < 4.78 is 1.70. The molecule has 0 aromatic heterocycles. The number of rotatable bonds is 6. The smallest absolute Gasteiger partial charge is 0.872 e. The minimum Gasteiger partial charge on any atom is -0.872 e. The van der Waals surface area contributed by atoms with Crippen LogP contribution < -0.4 is 10.2 Å². The second-order valence-electron chi connectivity index (χ2n) is 4.67. The van der Waals surface area contributed by atoms with Crippen LogP contribution in [0.4, 0.5) is 0 Å². The average Bonchev–Trinajstić information content (AvgIpc) is 2.62. The number of oxime groups is 2. The number of nitrogens with zero attached hydrogens (tertiary/aromatic N) is 2. The van der Waals surface area contributed by atoms with Crippen molar-refractivity contribution < 1.29 is 37.0 Å². The van der Waals surface area contributed by atoms with Gasteiger partial charge in [-0.1, -0.05) is 65.8 Å². The van der Waals surface area contributed by atoms with E-state index in [1.807, 2.05) is 13.8 Å². The normalized spacial score (nSPS) is 10.2. The van der Waals surface area contributed by atoms with E-state index in [9.17, 15) is 10.2 Å². The first kappa shape index (κ1) is 25.5. The Hall–Kier alpha value is -1.54. The van der Waals surface area contributed by atoms with E-state index >= 15 is 0 Å². The SMILES string of the molecule is CCO/N=C/c1cc(Br)ccc1[O-].CCO/N=C/c1cc(Br)ccc1[O-].[Cu+2]. The largest absolute Gasteiger partial charge is 2.00 e. The Bertz CT molecular complexity index is 695. The van der Waals surface area contributed by atoms with E-state index in [0.29, 0.717) is 24.3 Å². The van der Waals surface area contributed by atoms with Gasteiger partial charge in [-0.3, -0.25) is 0 Å². The molecular weight excluding hydrogens is 532 g/mol. The van der Waals surface area contributed by atoms with Gasteiger partial charge >= 0.3 is 17.1 Å². The molecule has 2 aromatic carbocycles. The Balaban J connectivity index is 0.000000483. The number of benzene rings is 2. The predicted octanol–water partition coefficient (Wildman–Crippen LogP) is 3.78. The Morgan fingerprint density at radius 2 is 1.19 bits per heavy atom. The molecule has 0 atom stereocenters. The zero-order chi connectivity index (χ0) is 19.4. The maximum atomic E-state index is 11.2. The van der Waals surface area contributed by atoms with Crippen molar-refractivity contribution in [2.45, 2.75) is 13.8 Å². The van der Waals surface area contributed by atoms with Crippen LogP contribution in [0.2, 0.25) is 0 Å². The minimum atomic E-state index is -0.0633. The predicted molar refractivity (Wildman–Crippen MR) is 106 cm³/mol. The summed E-state index contributed by atoms with van der Waals surface area (Å²) in [7, 11) is 0. The molecule has 0 fully saturated rings. The molecule has 9 heteroatoms. The average molecular weight is 550 g/mol. The second-order valence-corrected chi connectivity index (χ2v) is 6.50. The van der Waals surface area contributed by atoms with Crippen LogP contribution in [-0.4, -0.2) is 25.6 Å². The van der Waals surface area contributed by atoms with Crippen LogP contribution >= 0.6 is 31.9 Å². The summed E-state index contributed by atoms with van der Waals surface area (Å²) in [5, 5.41) is 29.6. The summed E-state index contributed by atoms with van der Waals surface area (Å²) >= 11 is 6.53. The van der Waals surface area contributed by atoms with E-state index in [1.54, 1.807) is 24.3 Å². The molecule has 0 bridgehead atoms. The van der Waals surface area contributed by atoms with Crippen LogP contribution in [0.15, 0.2) is 55.7 Å². The van der Waals surface area contributed by atoms with Crippen molar-refractivity contribution in [2.24, 2.45) is 10.3 Å². The number of hydrogen-bond donors (Lipinski definition) is 0. The number of hydrogen-bond acceptors (Lipinski definition) is 6. The molecule has 0 amide bonds. The van der Waals surface area contributed by atoms with Gasteiger partial charge in [0.2, 0.25) is 0 Å². The topological polar surface area (TPSA) is 89.3 Å². The van der Waals surface area contributed by atoms with Gasteiger partial charge in [-0.2, -0.15) is 0 Å². The molecule has 0 aliphatic carbocycles. The van der Waals surface area contributed by atoms with Gasteiger partial charge in [0.25, 0.3) is 0 Å². The molecule has 2 rings (SSSR count). The van der Waals surface area contributed by atoms with Gasteiger partial charge in [-0.25, -0.2) is 0 Å². The van der Waals surface area contributed by atoms with E-state index in [-0.39, 0.29) is 28.6 Å². The van der Waals surface area contributed by atoms with Gasteiger partial charge in [0.1, 0.15) is 13.2 Å². The van der Waals surface area contributed by atoms with Crippen molar-refractivity contribution in [3.8, 4) is 11.5 Å². The molecule has 149 valence electrons. The molecule has 2 aromatic rings. The van der Waals surface area contributed by atoms with Crippen LogP contribution in [0.5, 0.6) is 11.5 Å². The van der Waals surface area contributed by atoms with Gasteiger partial charge in [-0.05, 0) is 49.2 Å². The van der Waals surface area contributed by atoms with Gasteiger partial charge in [0.05, 0.1) is 12.4 Å². The van der Waals surface area contributed by atoms with E-state index in [4.69, 9.17) is 9.68 Å². The fourth-order valence-corrected chi connectivity index (χ4v) is 2.34. The van der Waals surface area contributed by atoms with Crippen molar-refractivity contribution in [1.29, 1.82) is 0 Å². The van der Waals surface area contributed by atoms with E-state index in [0.717, 1.165) is 8.95 Å². The molecular formula is C18H18Br2CuN2O4. The molecule has 0 heterocycles. The first-order valence-corrected chi connectivity index (χ1v) is 9.30. The molecule has 0 N–H and O–H groups in total. The maximum Gasteiger partial charge on any atom is 2.00 e. The fourth-order valence-electron chi connectivity index (χ4n) is 1.58. The van der Waals surface area contributed by atoms with Gasteiger partial charge in [0, 0.05) is 8.95 Å². The molecule has 0 aliphatic rings. The Labute approximate surface area is 186 Å². The molecule has 6 nitrogen and oxygen atoms in total. The van der Waals surface area contributed by atoms with Gasteiger partial charge in [-0.15, -0.1) is 0 Å². The van der Waals surface area contributed by atoms with Crippen LogP contribution in [0.25, 0.3) is 0 Å². The summed E-state index contributed by atoms with van der Waals surface area (Å²) in [5.41, 5.74) is 1.03. The quantitative estimate of drug-likeness (QED) is 0.312. The first-order valence-electron chi connectivity index (χ1n) is 7.71. The molecule has 0 aliphatic heterocycles. The number of halogens is 2. The van der Waals surface area contributed by atoms with Crippen molar-refractivity contribution >= 4 is 44.3 Å². The van der Waals surface area contributed by atoms with E-state index < -0.39 is 0 Å². The standard InChI is InChI=1S/2C9H10BrNO2.Cu/c2*1-2-13-11-6-7-5-8(10)3-4-9(7)12;/h2*3-6,12H,2H2,1H3;/q;;+2/p-2/b2*11-6+;. The third-order valence-electron chi connectivity index (χ3n) is 2.73. The molecule has 1 radical (unpaired) electrons. The van der Waals surface area contributed by atoms with Crippen LogP contribution in [0, 0.1) is 0 Å². The summed E-state index contributed by atoms with van der Waals surface area (Å²) in [6.45, 7) is 4.66. The Kier molecular flexibility index (Phi) is 13.7. The molecule has 0 unspecified atom stereocenters. The first-order chi connectivity index (χ1) is 12.5. The van der Waals surface area contributed by atoms with Crippen molar-refractivity contribution in [3.63, 3.8) is 0 Å². The van der Waals surface area contributed by atoms with E-state index in [2.05, 4.69) is 42.2 Å². The molecule has 0 saturated carbocycles. The van der Waals surface area contributed by atoms with Gasteiger partial charge in [0.15, 0.2) is 0 Å².